The standard InChI is InChI=1S/C22H20ClN3O3/c1-14-5-6-19-17(11-14)21-18(13-28-19)20(24-29-21)22(27)26-9-7-25(8-10-26)16-4-2-3-15(23)12-16/h2-6,11-12H,7-10,13H2,1H3. The van der Waals surface area contributed by atoms with Crippen LogP contribution in [0.5, 0.6) is 5.75 Å². The van der Waals surface area contributed by atoms with E-state index in [0.717, 1.165) is 41.2 Å². The van der Waals surface area contributed by atoms with E-state index in [-0.39, 0.29) is 5.91 Å². The highest BCUT2D eigenvalue weighted by Gasteiger charge is 2.32. The summed E-state index contributed by atoms with van der Waals surface area (Å²) in [7, 11) is 0. The third kappa shape index (κ3) is 3.23. The first-order chi connectivity index (χ1) is 14.1. The maximum absolute atomic E-state index is 13.1. The molecule has 3 aromatic rings. The number of carbonyl (C=O) groups excluding carboxylic acids is 1. The van der Waals surface area contributed by atoms with Gasteiger partial charge in [0.2, 0.25) is 0 Å². The van der Waals surface area contributed by atoms with E-state index in [9.17, 15) is 4.79 Å². The zero-order valence-electron chi connectivity index (χ0n) is 16.0. The Labute approximate surface area is 173 Å². The molecule has 1 aromatic heterocycles. The van der Waals surface area contributed by atoms with Crippen molar-refractivity contribution in [1.82, 2.24) is 10.1 Å². The number of anilines is 1. The van der Waals surface area contributed by atoms with Crippen LogP contribution in [0.25, 0.3) is 11.3 Å². The highest BCUT2D eigenvalue weighted by molar-refractivity contribution is 6.30. The molecule has 1 fully saturated rings. The fourth-order valence-electron chi connectivity index (χ4n) is 3.91. The molecular weight excluding hydrogens is 390 g/mol. The van der Waals surface area contributed by atoms with E-state index in [0.29, 0.717) is 36.2 Å². The Hall–Kier alpha value is -2.99. The van der Waals surface area contributed by atoms with Gasteiger partial charge in [0, 0.05) is 36.9 Å². The lowest BCUT2D eigenvalue weighted by Crippen LogP contribution is -2.49. The summed E-state index contributed by atoms with van der Waals surface area (Å²) in [4.78, 5) is 17.2. The normalized spacial score (nSPS) is 15.5. The number of carbonyl (C=O) groups is 1. The minimum atomic E-state index is -0.111. The second kappa shape index (κ2) is 7.12. The van der Waals surface area contributed by atoms with E-state index < -0.39 is 0 Å². The number of benzene rings is 2. The number of aromatic nitrogens is 1. The van der Waals surface area contributed by atoms with Gasteiger partial charge in [0.15, 0.2) is 11.5 Å². The summed E-state index contributed by atoms with van der Waals surface area (Å²) in [5.41, 5.74) is 4.10. The largest absolute Gasteiger partial charge is 0.488 e. The van der Waals surface area contributed by atoms with Crippen LogP contribution in [0, 0.1) is 6.92 Å². The SMILES string of the molecule is Cc1ccc2c(c1)-c1onc(C(=O)N3CCN(c4cccc(Cl)c4)CC3)c1CO2. The molecule has 29 heavy (non-hydrogen) atoms. The number of hydrogen-bond acceptors (Lipinski definition) is 5. The summed E-state index contributed by atoms with van der Waals surface area (Å²) in [5, 5.41) is 4.83. The summed E-state index contributed by atoms with van der Waals surface area (Å²) in [6, 6.07) is 13.7. The molecule has 6 nitrogen and oxygen atoms in total. The molecule has 2 aliphatic rings. The number of hydrogen-bond donors (Lipinski definition) is 0. The molecule has 1 saturated heterocycles. The van der Waals surface area contributed by atoms with E-state index >= 15 is 0 Å². The molecule has 0 N–H and O–H groups in total. The van der Waals surface area contributed by atoms with Crippen LogP contribution < -0.4 is 9.64 Å². The van der Waals surface area contributed by atoms with Gasteiger partial charge in [-0.2, -0.15) is 0 Å². The van der Waals surface area contributed by atoms with Crippen molar-refractivity contribution in [3.8, 4) is 17.1 Å². The van der Waals surface area contributed by atoms with Gasteiger partial charge in [-0.05, 0) is 37.3 Å². The van der Waals surface area contributed by atoms with Crippen LogP contribution in [0.4, 0.5) is 5.69 Å². The monoisotopic (exact) mass is 409 g/mol. The first-order valence-electron chi connectivity index (χ1n) is 9.62. The predicted octanol–water partition coefficient (Wildman–Crippen LogP) is 4.16. The summed E-state index contributed by atoms with van der Waals surface area (Å²) < 4.78 is 11.4. The second-order valence-corrected chi connectivity index (χ2v) is 7.82. The first-order valence-corrected chi connectivity index (χ1v) is 10.00. The number of fused-ring (bicyclic) bond motifs is 3. The molecule has 148 valence electrons. The molecule has 2 aromatic carbocycles. The van der Waals surface area contributed by atoms with Crippen molar-refractivity contribution in [3.63, 3.8) is 0 Å². The molecule has 0 radical (unpaired) electrons. The lowest BCUT2D eigenvalue weighted by molar-refractivity contribution is 0.0734. The average molecular weight is 410 g/mol. The number of aryl methyl sites for hydroxylation is 1. The highest BCUT2D eigenvalue weighted by atomic mass is 35.5. The predicted molar refractivity (Wildman–Crippen MR) is 111 cm³/mol. The number of piperazine rings is 1. The Morgan fingerprint density at radius 1 is 1.10 bits per heavy atom. The summed E-state index contributed by atoms with van der Waals surface area (Å²) >= 11 is 6.10. The first kappa shape index (κ1) is 18.1. The van der Waals surface area contributed by atoms with Crippen LogP contribution >= 0.6 is 11.6 Å². The minimum absolute atomic E-state index is 0.111. The van der Waals surface area contributed by atoms with Crippen molar-refractivity contribution in [1.29, 1.82) is 0 Å². The molecule has 0 saturated carbocycles. The number of amides is 1. The van der Waals surface area contributed by atoms with Gasteiger partial charge in [-0.25, -0.2) is 0 Å². The topological polar surface area (TPSA) is 58.8 Å². The van der Waals surface area contributed by atoms with Crippen molar-refractivity contribution in [2.45, 2.75) is 13.5 Å². The van der Waals surface area contributed by atoms with Crippen LogP contribution in [0.2, 0.25) is 5.02 Å². The molecule has 7 heteroatoms. The number of nitrogens with zero attached hydrogens (tertiary/aromatic N) is 3. The molecule has 0 atom stereocenters. The molecule has 0 bridgehead atoms. The molecule has 5 rings (SSSR count). The van der Waals surface area contributed by atoms with Crippen molar-refractivity contribution in [3.05, 3.63) is 64.3 Å². The van der Waals surface area contributed by atoms with E-state index in [1.807, 2.05) is 54.3 Å². The van der Waals surface area contributed by atoms with E-state index in [1.54, 1.807) is 0 Å². The lowest BCUT2D eigenvalue weighted by Gasteiger charge is -2.36. The Kier molecular flexibility index (Phi) is 4.43. The van der Waals surface area contributed by atoms with Crippen molar-refractivity contribution < 1.29 is 14.1 Å². The molecule has 0 aliphatic carbocycles. The molecular formula is C22H20ClN3O3. The smallest absolute Gasteiger partial charge is 0.276 e. The van der Waals surface area contributed by atoms with Gasteiger partial charge in [0.05, 0.1) is 11.1 Å². The Bertz CT molecular complexity index is 1090. The van der Waals surface area contributed by atoms with Crippen LogP contribution in [-0.4, -0.2) is 42.1 Å². The third-order valence-electron chi connectivity index (χ3n) is 5.48. The minimum Gasteiger partial charge on any atom is -0.488 e. The number of halogens is 1. The van der Waals surface area contributed by atoms with Crippen LogP contribution in [0.3, 0.4) is 0 Å². The van der Waals surface area contributed by atoms with Crippen LogP contribution in [-0.2, 0) is 6.61 Å². The Morgan fingerprint density at radius 2 is 1.93 bits per heavy atom. The zero-order chi connectivity index (χ0) is 20.0. The highest BCUT2D eigenvalue weighted by Crippen LogP contribution is 2.39. The maximum Gasteiger partial charge on any atom is 0.276 e. The van der Waals surface area contributed by atoms with E-state index in [2.05, 4.69) is 10.1 Å². The van der Waals surface area contributed by atoms with Gasteiger partial charge in [-0.3, -0.25) is 4.79 Å². The number of rotatable bonds is 2. The molecule has 1 amide bonds. The van der Waals surface area contributed by atoms with Gasteiger partial charge in [-0.1, -0.05) is 34.5 Å². The lowest BCUT2D eigenvalue weighted by atomic mass is 10.0. The van der Waals surface area contributed by atoms with Crippen molar-refractivity contribution in [2.24, 2.45) is 0 Å². The van der Waals surface area contributed by atoms with Crippen molar-refractivity contribution >= 4 is 23.2 Å². The van der Waals surface area contributed by atoms with Crippen LogP contribution in [0.1, 0.15) is 21.6 Å². The van der Waals surface area contributed by atoms with Crippen LogP contribution in [0.15, 0.2) is 47.0 Å². The third-order valence-corrected chi connectivity index (χ3v) is 5.72. The second-order valence-electron chi connectivity index (χ2n) is 7.39. The van der Waals surface area contributed by atoms with Crippen molar-refractivity contribution in [2.75, 3.05) is 31.1 Å². The molecule has 3 heterocycles. The molecule has 2 aliphatic heterocycles. The quantitative estimate of drug-likeness (QED) is 0.636. The van der Waals surface area contributed by atoms with Gasteiger partial charge in [-0.15, -0.1) is 0 Å². The Morgan fingerprint density at radius 3 is 2.72 bits per heavy atom. The van der Waals surface area contributed by atoms with E-state index in [4.69, 9.17) is 20.9 Å². The maximum atomic E-state index is 13.1. The molecule has 0 unspecified atom stereocenters. The Balaban J connectivity index is 1.34. The summed E-state index contributed by atoms with van der Waals surface area (Å²) in [6.07, 6.45) is 0. The van der Waals surface area contributed by atoms with Gasteiger partial charge < -0.3 is 19.1 Å². The zero-order valence-corrected chi connectivity index (χ0v) is 16.8. The van der Waals surface area contributed by atoms with Gasteiger partial charge in [0.1, 0.15) is 12.4 Å². The van der Waals surface area contributed by atoms with E-state index in [1.165, 1.54) is 0 Å². The summed E-state index contributed by atoms with van der Waals surface area (Å²) in [5.74, 6) is 1.28. The van der Waals surface area contributed by atoms with Gasteiger partial charge in [0.25, 0.3) is 5.91 Å². The summed E-state index contributed by atoms with van der Waals surface area (Å²) in [6.45, 7) is 5.01. The molecule has 0 spiro atoms. The average Bonchev–Trinajstić information content (AvgIpc) is 3.18. The van der Waals surface area contributed by atoms with Gasteiger partial charge >= 0.3 is 0 Å². The number of ether oxygens (including phenoxy) is 1. The fraction of sp³-hybridized carbons (Fsp3) is 0.273. The fourth-order valence-corrected chi connectivity index (χ4v) is 4.09.